The molecule has 148 valence electrons. The summed E-state index contributed by atoms with van der Waals surface area (Å²) in [5.41, 5.74) is 5.89. The molecule has 7 heteroatoms. The first-order chi connectivity index (χ1) is 14.2. The molecular formula is C22H23N5O2. The fourth-order valence-electron chi connectivity index (χ4n) is 3.41. The number of nitrogens with one attached hydrogen (secondary N) is 1. The van der Waals surface area contributed by atoms with E-state index in [-0.39, 0.29) is 5.91 Å². The molecule has 1 aromatic carbocycles. The van der Waals surface area contributed by atoms with Crippen LogP contribution in [0, 0.1) is 0 Å². The largest absolute Gasteiger partial charge is 0.361 e. The molecule has 1 aliphatic rings. The SMILES string of the molecule is CN1COCCCc2cc(-c3cncc(CNC(=O)c4cccnn4)c3)ccc21. The van der Waals surface area contributed by atoms with Gasteiger partial charge >= 0.3 is 0 Å². The first-order valence-corrected chi connectivity index (χ1v) is 9.63. The van der Waals surface area contributed by atoms with E-state index in [0.717, 1.165) is 36.1 Å². The number of carbonyl (C=O) groups excluding carboxylic acids is 1. The molecule has 0 atom stereocenters. The van der Waals surface area contributed by atoms with Crippen LogP contribution in [-0.2, 0) is 17.7 Å². The fraction of sp³-hybridized carbons (Fsp3) is 0.273. The number of pyridine rings is 1. The van der Waals surface area contributed by atoms with E-state index >= 15 is 0 Å². The van der Waals surface area contributed by atoms with Crippen LogP contribution in [0.3, 0.4) is 0 Å². The van der Waals surface area contributed by atoms with E-state index in [1.54, 1.807) is 18.3 Å². The van der Waals surface area contributed by atoms with Gasteiger partial charge in [-0.3, -0.25) is 9.78 Å². The molecule has 1 amide bonds. The molecule has 3 aromatic rings. The third kappa shape index (κ3) is 4.57. The molecule has 0 radical (unpaired) electrons. The smallest absolute Gasteiger partial charge is 0.272 e. The van der Waals surface area contributed by atoms with Gasteiger partial charge in [-0.05, 0) is 59.9 Å². The summed E-state index contributed by atoms with van der Waals surface area (Å²) in [7, 11) is 2.05. The number of nitrogens with zero attached hydrogens (tertiary/aromatic N) is 4. The van der Waals surface area contributed by atoms with Gasteiger partial charge in [0, 0.05) is 50.0 Å². The minimum absolute atomic E-state index is 0.255. The van der Waals surface area contributed by atoms with Gasteiger partial charge in [0.25, 0.3) is 5.91 Å². The maximum atomic E-state index is 12.2. The average molecular weight is 389 g/mol. The van der Waals surface area contributed by atoms with Gasteiger partial charge in [-0.2, -0.15) is 5.10 Å². The molecule has 4 rings (SSSR count). The van der Waals surface area contributed by atoms with Crippen molar-refractivity contribution in [3.8, 4) is 11.1 Å². The average Bonchev–Trinajstić information content (AvgIpc) is 2.76. The van der Waals surface area contributed by atoms with Crippen molar-refractivity contribution in [2.24, 2.45) is 0 Å². The lowest BCUT2D eigenvalue weighted by Crippen LogP contribution is -2.24. The maximum Gasteiger partial charge on any atom is 0.272 e. The Morgan fingerprint density at radius 2 is 2.14 bits per heavy atom. The number of carbonyl (C=O) groups is 1. The van der Waals surface area contributed by atoms with E-state index in [0.29, 0.717) is 19.0 Å². The number of hydrogen-bond acceptors (Lipinski definition) is 6. The number of rotatable bonds is 4. The summed E-state index contributed by atoms with van der Waals surface area (Å²) in [5.74, 6) is -0.255. The van der Waals surface area contributed by atoms with Crippen LogP contribution in [0.4, 0.5) is 5.69 Å². The zero-order valence-corrected chi connectivity index (χ0v) is 16.3. The van der Waals surface area contributed by atoms with Crippen LogP contribution in [0.15, 0.2) is 55.0 Å². The molecule has 0 spiro atoms. The first kappa shape index (κ1) is 19.0. The van der Waals surface area contributed by atoms with Gasteiger partial charge in [0.1, 0.15) is 6.73 Å². The molecular weight excluding hydrogens is 366 g/mol. The van der Waals surface area contributed by atoms with E-state index in [9.17, 15) is 4.79 Å². The second-order valence-electron chi connectivity index (χ2n) is 7.06. The number of amides is 1. The molecule has 0 saturated heterocycles. The van der Waals surface area contributed by atoms with E-state index in [1.807, 2.05) is 13.2 Å². The van der Waals surface area contributed by atoms with Crippen LogP contribution >= 0.6 is 0 Å². The molecule has 3 heterocycles. The Hall–Kier alpha value is -3.32. The van der Waals surface area contributed by atoms with Crippen molar-refractivity contribution in [3.63, 3.8) is 0 Å². The lowest BCUT2D eigenvalue weighted by molar-refractivity contribution is 0.0945. The normalized spacial score (nSPS) is 13.9. The summed E-state index contributed by atoms with van der Waals surface area (Å²) < 4.78 is 5.63. The predicted molar refractivity (Wildman–Crippen MR) is 110 cm³/mol. The minimum atomic E-state index is -0.255. The topological polar surface area (TPSA) is 80.2 Å². The van der Waals surface area contributed by atoms with Crippen LogP contribution in [0.25, 0.3) is 11.1 Å². The highest BCUT2D eigenvalue weighted by Gasteiger charge is 2.13. The number of hydrogen-bond donors (Lipinski definition) is 1. The summed E-state index contributed by atoms with van der Waals surface area (Å²) in [6.07, 6.45) is 7.15. The van der Waals surface area contributed by atoms with Crippen molar-refractivity contribution >= 4 is 11.6 Å². The maximum absolute atomic E-state index is 12.2. The van der Waals surface area contributed by atoms with Gasteiger partial charge in [0.05, 0.1) is 0 Å². The molecule has 0 saturated carbocycles. The summed E-state index contributed by atoms with van der Waals surface area (Å²) in [6.45, 7) is 1.76. The van der Waals surface area contributed by atoms with Crippen molar-refractivity contribution in [2.75, 3.05) is 25.3 Å². The van der Waals surface area contributed by atoms with Crippen LogP contribution in [-0.4, -0.2) is 41.5 Å². The van der Waals surface area contributed by atoms with Crippen molar-refractivity contribution in [1.29, 1.82) is 0 Å². The highest BCUT2D eigenvalue weighted by atomic mass is 16.5. The van der Waals surface area contributed by atoms with E-state index < -0.39 is 0 Å². The highest BCUT2D eigenvalue weighted by Crippen LogP contribution is 2.29. The van der Waals surface area contributed by atoms with E-state index in [2.05, 4.69) is 49.7 Å². The third-order valence-electron chi connectivity index (χ3n) is 4.90. The van der Waals surface area contributed by atoms with Crippen molar-refractivity contribution in [3.05, 3.63) is 71.8 Å². The predicted octanol–water partition coefficient (Wildman–Crippen LogP) is 2.83. The second-order valence-corrected chi connectivity index (χ2v) is 7.06. The van der Waals surface area contributed by atoms with Gasteiger partial charge < -0.3 is 15.0 Å². The number of benzene rings is 1. The second kappa shape index (κ2) is 8.79. The molecule has 0 bridgehead atoms. The molecule has 7 nitrogen and oxygen atoms in total. The molecule has 1 aliphatic heterocycles. The number of fused-ring (bicyclic) bond motifs is 1. The summed E-state index contributed by atoms with van der Waals surface area (Å²) in [4.78, 5) is 18.7. The van der Waals surface area contributed by atoms with Crippen molar-refractivity contribution in [1.82, 2.24) is 20.5 Å². The van der Waals surface area contributed by atoms with E-state index in [1.165, 1.54) is 17.4 Å². The van der Waals surface area contributed by atoms with Crippen LogP contribution in [0.5, 0.6) is 0 Å². The number of anilines is 1. The van der Waals surface area contributed by atoms with Crippen LogP contribution < -0.4 is 10.2 Å². The van der Waals surface area contributed by atoms with Gasteiger partial charge in [-0.25, -0.2) is 0 Å². The highest BCUT2D eigenvalue weighted by molar-refractivity contribution is 5.91. The van der Waals surface area contributed by atoms with E-state index in [4.69, 9.17) is 4.74 Å². The molecule has 0 fully saturated rings. The van der Waals surface area contributed by atoms with Gasteiger partial charge in [-0.15, -0.1) is 5.10 Å². The van der Waals surface area contributed by atoms with Gasteiger partial charge in [-0.1, -0.05) is 6.07 Å². The van der Waals surface area contributed by atoms with Crippen molar-refractivity contribution < 1.29 is 9.53 Å². The third-order valence-corrected chi connectivity index (χ3v) is 4.90. The lowest BCUT2D eigenvalue weighted by Gasteiger charge is -2.25. The zero-order chi connectivity index (χ0) is 20.1. The number of aromatic nitrogens is 3. The minimum Gasteiger partial charge on any atom is -0.361 e. The Morgan fingerprint density at radius 1 is 1.21 bits per heavy atom. The Kier molecular flexibility index (Phi) is 5.76. The van der Waals surface area contributed by atoms with Gasteiger partial charge in [0.2, 0.25) is 0 Å². The molecule has 29 heavy (non-hydrogen) atoms. The fourth-order valence-corrected chi connectivity index (χ4v) is 3.41. The monoisotopic (exact) mass is 389 g/mol. The summed E-state index contributed by atoms with van der Waals surface area (Å²) >= 11 is 0. The molecule has 2 aromatic heterocycles. The summed E-state index contributed by atoms with van der Waals surface area (Å²) in [6, 6.07) is 11.9. The molecule has 0 aliphatic carbocycles. The standard InChI is InChI=1S/C22H23N5O2/c1-27-15-29-9-3-4-18-11-17(6-7-21(18)27)19-10-16(12-23-14-19)13-24-22(28)20-5-2-8-25-26-20/h2,5-8,10-12,14H,3-4,9,13,15H2,1H3,(H,24,28). The van der Waals surface area contributed by atoms with Crippen LogP contribution in [0.2, 0.25) is 0 Å². The molecule has 1 N–H and O–H groups in total. The molecule has 0 unspecified atom stereocenters. The number of aryl methyl sites for hydroxylation is 1. The lowest BCUT2D eigenvalue weighted by atomic mass is 9.99. The van der Waals surface area contributed by atoms with Crippen LogP contribution in [0.1, 0.15) is 28.0 Å². The number of ether oxygens (including phenoxy) is 1. The first-order valence-electron chi connectivity index (χ1n) is 9.63. The van der Waals surface area contributed by atoms with Gasteiger partial charge in [0.15, 0.2) is 5.69 Å². The Labute approximate surface area is 169 Å². The Balaban J connectivity index is 1.51. The summed E-state index contributed by atoms with van der Waals surface area (Å²) in [5, 5.41) is 10.4. The van der Waals surface area contributed by atoms with Crippen molar-refractivity contribution in [2.45, 2.75) is 19.4 Å². The Morgan fingerprint density at radius 3 is 3.00 bits per heavy atom. The zero-order valence-electron chi connectivity index (χ0n) is 16.3. The quantitative estimate of drug-likeness (QED) is 0.739. The Bertz CT molecular complexity index is 994.